The highest BCUT2D eigenvalue weighted by molar-refractivity contribution is 7.16. The third-order valence-corrected chi connectivity index (χ3v) is 9.00. The van der Waals surface area contributed by atoms with Crippen molar-refractivity contribution < 1.29 is 19.1 Å². The molecule has 1 aliphatic carbocycles. The predicted octanol–water partition coefficient (Wildman–Crippen LogP) is 6.90. The van der Waals surface area contributed by atoms with Crippen LogP contribution in [0.2, 0.25) is 0 Å². The highest BCUT2D eigenvalue weighted by atomic mass is 32.1. The molecule has 0 saturated heterocycles. The van der Waals surface area contributed by atoms with E-state index in [-0.39, 0.29) is 5.41 Å². The fourth-order valence-electron chi connectivity index (χ4n) is 5.27. The van der Waals surface area contributed by atoms with Crippen molar-refractivity contribution in [2.75, 3.05) is 12.4 Å². The summed E-state index contributed by atoms with van der Waals surface area (Å²) in [5.74, 6) is 0.898. The Morgan fingerprint density at radius 3 is 2.63 bits per heavy atom. The van der Waals surface area contributed by atoms with Crippen LogP contribution in [0.5, 0.6) is 5.75 Å². The van der Waals surface area contributed by atoms with Crippen LogP contribution in [0.15, 0.2) is 42.5 Å². The average Bonchev–Trinajstić information content (AvgIpc) is 3.55. The van der Waals surface area contributed by atoms with Crippen molar-refractivity contribution in [1.82, 2.24) is 9.97 Å². The van der Waals surface area contributed by atoms with E-state index in [1.54, 1.807) is 32.2 Å². The lowest BCUT2D eigenvalue weighted by molar-refractivity contribution is -0.124. The van der Waals surface area contributed by atoms with Gasteiger partial charge in [-0.15, -0.1) is 11.3 Å². The van der Waals surface area contributed by atoms with Crippen molar-refractivity contribution in [1.29, 1.82) is 5.26 Å². The molecule has 0 saturated carbocycles. The van der Waals surface area contributed by atoms with Crippen LogP contribution in [0.25, 0.3) is 22.4 Å². The van der Waals surface area contributed by atoms with Gasteiger partial charge in [-0.2, -0.15) is 5.26 Å². The van der Waals surface area contributed by atoms with E-state index in [9.17, 15) is 14.9 Å². The summed E-state index contributed by atoms with van der Waals surface area (Å²) in [4.78, 5) is 35.3. The van der Waals surface area contributed by atoms with Gasteiger partial charge in [0.2, 0.25) is 0 Å². The van der Waals surface area contributed by atoms with E-state index in [1.165, 1.54) is 11.3 Å². The molecule has 2 N–H and O–H groups in total. The summed E-state index contributed by atoms with van der Waals surface area (Å²) in [6.07, 6.45) is 2.05. The van der Waals surface area contributed by atoms with Gasteiger partial charge < -0.3 is 19.8 Å². The van der Waals surface area contributed by atoms with E-state index >= 15 is 0 Å². The molecule has 2 atom stereocenters. The molecule has 0 bridgehead atoms. The van der Waals surface area contributed by atoms with Crippen molar-refractivity contribution in [2.24, 2.45) is 11.3 Å². The second kappa shape index (κ2) is 11.4. The highest BCUT2D eigenvalue weighted by Gasteiger charge is 2.33. The molecule has 1 amide bonds. The van der Waals surface area contributed by atoms with E-state index in [2.05, 4.69) is 42.1 Å². The Morgan fingerprint density at radius 2 is 1.98 bits per heavy atom. The summed E-state index contributed by atoms with van der Waals surface area (Å²) in [5.41, 5.74) is 4.33. The lowest BCUT2D eigenvalue weighted by Crippen LogP contribution is -2.32. The molecule has 0 spiro atoms. The number of imidazole rings is 1. The maximum absolute atomic E-state index is 13.2. The van der Waals surface area contributed by atoms with Gasteiger partial charge in [-0.3, -0.25) is 4.79 Å². The third-order valence-electron chi connectivity index (χ3n) is 7.83. The zero-order valence-corrected chi connectivity index (χ0v) is 24.8. The molecule has 2 unspecified atom stereocenters. The maximum atomic E-state index is 13.2. The quantitative estimate of drug-likeness (QED) is 0.234. The van der Waals surface area contributed by atoms with Crippen LogP contribution >= 0.6 is 11.3 Å². The fourth-order valence-corrected chi connectivity index (χ4v) is 6.55. The number of hydrogen-bond donors (Lipinski definition) is 2. The van der Waals surface area contributed by atoms with Crippen molar-refractivity contribution >= 4 is 39.2 Å². The minimum absolute atomic E-state index is 0.176. The number of nitrogens with zero attached hydrogens (tertiary/aromatic N) is 2. The molecule has 2 aromatic heterocycles. The Morgan fingerprint density at radius 1 is 1.22 bits per heavy atom. The Hall–Kier alpha value is -4.16. The second-order valence-corrected chi connectivity index (χ2v) is 12.6. The number of fused-ring (bicyclic) bond motifs is 2. The number of aromatic nitrogens is 2. The average molecular weight is 571 g/mol. The normalized spacial score (nSPS) is 15.6. The first-order valence-electron chi connectivity index (χ1n) is 13.8. The molecule has 1 aliphatic rings. The molecule has 41 heavy (non-hydrogen) atoms. The summed E-state index contributed by atoms with van der Waals surface area (Å²) < 4.78 is 10.9. The van der Waals surface area contributed by atoms with Crippen LogP contribution in [0.1, 0.15) is 66.9 Å². The van der Waals surface area contributed by atoms with Gasteiger partial charge in [-0.05, 0) is 85.0 Å². The number of thiophene rings is 1. The zero-order valence-electron chi connectivity index (χ0n) is 24.0. The van der Waals surface area contributed by atoms with E-state index in [0.29, 0.717) is 45.3 Å². The van der Waals surface area contributed by atoms with Crippen LogP contribution in [0.3, 0.4) is 0 Å². The topological polar surface area (TPSA) is 117 Å². The van der Waals surface area contributed by atoms with Crippen LogP contribution in [-0.2, 0) is 22.4 Å². The van der Waals surface area contributed by atoms with E-state index in [1.807, 2.05) is 24.3 Å². The van der Waals surface area contributed by atoms with Gasteiger partial charge in [0.25, 0.3) is 5.91 Å². The number of anilines is 1. The number of esters is 1. The summed E-state index contributed by atoms with van der Waals surface area (Å²) in [5, 5.41) is 13.3. The monoisotopic (exact) mass is 570 g/mol. The van der Waals surface area contributed by atoms with Crippen LogP contribution in [0.4, 0.5) is 5.00 Å². The van der Waals surface area contributed by atoms with Gasteiger partial charge in [-0.25, -0.2) is 9.78 Å². The number of carbonyl (C=O) groups excluding carboxylic acids is 2. The largest absolute Gasteiger partial charge is 0.497 e. The smallest absolute Gasteiger partial charge is 0.338 e. The van der Waals surface area contributed by atoms with Gasteiger partial charge in [-0.1, -0.05) is 27.7 Å². The maximum Gasteiger partial charge on any atom is 0.338 e. The number of amides is 1. The molecular formula is C32H34N4O4S. The number of aromatic amines is 1. The van der Waals surface area contributed by atoms with E-state index in [0.717, 1.165) is 41.0 Å². The Kier molecular flexibility index (Phi) is 7.87. The Balaban J connectivity index is 1.29. The van der Waals surface area contributed by atoms with Crippen LogP contribution < -0.4 is 10.1 Å². The Bertz CT molecular complexity index is 1640. The molecule has 4 aromatic rings. The number of nitrogens with one attached hydrogen (secondary N) is 2. The highest BCUT2D eigenvalue weighted by Crippen LogP contribution is 2.44. The number of benzene rings is 2. The lowest BCUT2D eigenvalue weighted by atomic mass is 9.72. The molecule has 212 valence electrons. The number of carbonyl (C=O) groups is 2. The van der Waals surface area contributed by atoms with Crippen LogP contribution in [-0.4, -0.2) is 35.1 Å². The molecule has 2 heterocycles. The first kappa shape index (κ1) is 28.4. The zero-order chi connectivity index (χ0) is 29.3. The summed E-state index contributed by atoms with van der Waals surface area (Å²) in [6, 6.07) is 14.9. The van der Waals surface area contributed by atoms with Gasteiger partial charge >= 0.3 is 5.97 Å². The van der Waals surface area contributed by atoms with Crippen LogP contribution in [0, 0.1) is 22.7 Å². The standard InChI is InChI=1S/C32H34N4O4S/c1-6-26(29(37)36-30-23(17-33)22-13-10-20(32(2,3)4)16-27(22)41-30)40-31(38)19-9-14-24-25(15-19)35-28(34-24)18-7-11-21(39-5)12-8-18/h7-9,11-12,14-15,20,26H,6,10,13,16H2,1-5H3,(H,34,35)(H,36,37). The number of H-pyrrole nitrogens is 1. The summed E-state index contributed by atoms with van der Waals surface area (Å²) in [7, 11) is 1.61. The van der Waals surface area contributed by atoms with Gasteiger partial charge in [0.1, 0.15) is 22.6 Å². The number of rotatable bonds is 7. The minimum atomic E-state index is -0.997. The second-order valence-electron chi connectivity index (χ2n) is 11.5. The van der Waals surface area contributed by atoms with E-state index < -0.39 is 18.0 Å². The first-order chi connectivity index (χ1) is 19.6. The van der Waals surface area contributed by atoms with Crippen molar-refractivity contribution in [2.45, 2.75) is 59.5 Å². The summed E-state index contributed by atoms with van der Waals surface area (Å²) in [6.45, 7) is 8.52. The van der Waals surface area contributed by atoms with Crippen molar-refractivity contribution in [3.63, 3.8) is 0 Å². The molecule has 9 heteroatoms. The number of ether oxygens (including phenoxy) is 2. The van der Waals surface area contributed by atoms with E-state index in [4.69, 9.17) is 9.47 Å². The SMILES string of the molecule is CCC(OC(=O)c1ccc2nc(-c3ccc(OC)cc3)[nH]c2c1)C(=O)Nc1sc2c(c1C#N)CCC(C(C)(C)C)C2. The molecular weight excluding hydrogens is 536 g/mol. The molecule has 0 radical (unpaired) electrons. The number of nitriles is 1. The molecule has 8 nitrogen and oxygen atoms in total. The van der Waals surface area contributed by atoms with Crippen molar-refractivity contribution in [3.05, 3.63) is 64.0 Å². The Labute approximate surface area is 243 Å². The van der Waals surface area contributed by atoms with Gasteiger partial charge in [0.05, 0.1) is 29.3 Å². The van der Waals surface area contributed by atoms with Gasteiger partial charge in [0, 0.05) is 10.4 Å². The first-order valence-corrected chi connectivity index (χ1v) is 14.6. The minimum Gasteiger partial charge on any atom is -0.497 e. The lowest BCUT2D eigenvalue weighted by Gasteiger charge is -2.33. The predicted molar refractivity (Wildman–Crippen MR) is 160 cm³/mol. The third kappa shape index (κ3) is 5.84. The summed E-state index contributed by atoms with van der Waals surface area (Å²) >= 11 is 1.47. The molecule has 0 aliphatic heterocycles. The molecule has 2 aromatic carbocycles. The molecule has 0 fully saturated rings. The number of hydrogen-bond acceptors (Lipinski definition) is 7. The van der Waals surface area contributed by atoms with Gasteiger partial charge in [0.15, 0.2) is 6.10 Å². The fraction of sp³-hybridized carbons (Fsp3) is 0.375. The number of methoxy groups -OCH3 is 1. The molecule has 5 rings (SSSR count). The van der Waals surface area contributed by atoms with Crippen molar-refractivity contribution in [3.8, 4) is 23.2 Å².